The lowest BCUT2D eigenvalue weighted by atomic mass is 9.82. The van der Waals surface area contributed by atoms with Crippen LogP contribution in [0.4, 0.5) is 0 Å². The smallest absolute Gasteiger partial charge is 0.256 e. The molecule has 6 nitrogen and oxygen atoms in total. The number of carbonyl (C=O) groups excluding carboxylic acids is 4. The lowest BCUT2D eigenvalue weighted by molar-refractivity contribution is -0.137. The summed E-state index contributed by atoms with van der Waals surface area (Å²) in [6, 6.07) is 7.78. The Morgan fingerprint density at radius 3 is 2.38 bits per heavy atom. The van der Waals surface area contributed by atoms with Gasteiger partial charge in [-0.25, -0.2) is 0 Å². The van der Waals surface area contributed by atoms with E-state index < -0.39 is 11.9 Å². The Hall–Kier alpha value is -2.80. The van der Waals surface area contributed by atoms with Crippen LogP contribution in [0.25, 0.3) is 0 Å². The molecule has 4 rings (SSSR count). The molecule has 1 N–H and O–H groups in total. The molecule has 0 aliphatic carbocycles. The van der Waals surface area contributed by atoms with Gasteiger partial charge in [0.15, 0.2) is 0 Å². The number of thiophene rings is 1. The van der Waals surface area contributed by atoms with Crippen LogP contribution in [0.3, 0.4) is 0 Å². The number of ketones is 1. The second kappa shape index (κ2) is 9.82. The molecule has 1 saturated heterocycles. The summed E-state index contributed by atoms with van der Waals surface area (Å²) < 4.78 is 0. The van der Waals surface area contributed by atoms with Gasteiger partial charge in [-0.2, -0.15) is 0 Å². The Morgan fingerprint density at radius 2 is 1.76 bits per heavy atom. The van der Waals surface area contributed by atoms with Crippen molar-refractivity contribution in [2.75, 3.05) is 0 Å². The van der Waals surface area contributed by atoms with Crippen LogP contribution < -0.4 is 5.32 Å². The summed E-state index contributed by atoms with van der Waals surface area (Å²) in [5, 5.41) is 4.18. The Kier molecular flexibility index (Phi) is 7.03. The molecule has 1 aromatic carbocycles. The highest BCUT2D eigenvalue weighted by Gasteiger charge is 2.40. The number of benzene rings is 1. The van der Waals surface area contributed by atoms with Gasteiger partial charge in [-0.15, -0.1) is 11.3 Å². The van der Waals surface area contributed by atoms with Gasteiger partial charge < -0.3 is 4.90 Å². The Bertz CT molecular complexity index is 1120. The summed E-state index contributed by atoms with van der Waals surface area (Å²) in [4.78, 5) is 52.6. The van der Waals surface area contributed by atoms with Crippen LogP contribution in [0.2, 0.25) is 0 Å². The molecule has 7 heteroatoms. The first kappa shape index (κ1) is 24.3. The number of amides is 3. The van der Waals surface area contributed by atoms with Gasteiger partial charge in [0.05, 0.1) is 5.56 Å². The Labute approximate surface area is 204 Å². The van der Waals surface area contributed by atoms with E-state index in [4.69, 9.17) is 0 Å². The molecule has 0 radical (unpaired) electrons. The molecular weight excluding hydrogens is 448 g/mol. The molecular formula is C27H32N2O4S. The average molecular weight is 481 g/mol. The van der Waals surface area contributed by atoms with Crippen LogP contribution in [-0.4, -0.2) is 34.4 Å². The number of imide groups is 1. The average Bonchev–Trinajstić information content (AvgIpc) is 3.32. The number of nitrogens with one attached hydrogen (secondary N) is 1. The lowest BCUT2D eigenvalue weighted by Gasteiger charge is -2.29. The number of fused-ring (bicyclic) bond motifs is 1. The number of aryl methyl sites for hydroxylation is 1. The molecule has 2 unspecified atom stereocenters. The maximum absolute atomic E-state index is 13.3. The molecule has 2 aromatic rings. The molecule has 0 bridgehead atoms. The second-order valence-electron chi connectivity index (χ2n) is 9.96. The van der Waals surface area contributed by atoms with Crippen molar-refractivity contribution in [1.29, 1.82) is 0 Å². The van der Waals surface area contributed by atoms with E-state index in [9.17, 15) is 19.2 Å². The fourth-order valence-electron chi connectivity index (χ4n) is 5.04. The van der Waals surface area contributed by atoms with Crippen molar-refractivity contribution in [3.63, 3.8) is 0 Å². The van der Waals surface area contributed by atoms with Crippen molar-refractivity contribution in [2.24, 2.45) is 5.92 Å². The molecule has 2 aliphatic heterocycles. The minimum atomic E-state index is -0.615. The van der Waals surface area contributed by atoms with E-state index in [1.54, 1.807) is 4.90 Å². The zero-order chi connectivity index (χ0) is 24.6. The Balaban J connectivity index is 1.44. The molecule has 3 heterocycles. The van der Waals surface area contributed by atoms with Crippen LogP contribution >= 0.6 is 11.3 Å². The fourth-order valence-corrected chi connectivity index (χ4v) is 6.08. The SMILES string of the molecule is CC(C)c1ccc(C(C(=O)CCc2scc3c2CN(C2CCC(=O)NC2=O)C3=O)C(C)C)cc1. The zero-order valence-corrected chi connectivity index (χ0v) is 21.0. The molecule has 2 atom stereocenters. The summed E-state index contributed by atoms with van der Waals surface area (Å²) in [5.41, 5.74) is 3.87. The summed E-state index contributed by atoms with van der Waals surface area (Å²) >= 11 is 1.51. The lowest BCUT2D eigenvalue weighted by Crippen LogP contribution is -2.52. The van der Waals surface area contributed by atoms with Crippen LogP contribution in [0, 0.1) is 5.92 Å². The maximum atomic E-state index is 13.3. The molecule has 3 amide bonds. The molecule has 180 valence electrons. The zero-order valence-electron chi connectivity index (χ0n) is 20.2. The highest BCUT2D eigenvalue weighted by Crippen LogP contribution is 2.35. The van der Waals surface area contributed by atoms with Crippen molar-refractivity contribution in [3.8, 4) is 0 Å². The second-order valence-corrected chi connectivity index (χ2v) is 10.9. The minimum absolute atomic E-state index is 0.157. The van der Waals surface area contributed by atoms with E-state index in [1.807, 2.05) is 5.38 Å². The van der Waals surface area contributed by atoms with Gasteiger partial charge in [-0.1, -0.05) is 52.0 Å². The van der Waals surface area contributed by atoms with Gasteiger partial charge in [-0.3, -0.25) is 24.5 Å². The van der Waals surface area contributed by atoms with Crippen LogP contribution in [0.15, 0.2) is 29.6 Å². The normalized spacial score (nSPS) is 19.1. The third-order valence-electron chi connectivity index (χ3n) is 6.96. The van der Waals surface area contributed by atoms with E-state index in [-0.39, 0.29) is 35.9 Å². The number of nitrogens with zero attached hydrogens (tertiary/aromatic N) is 1. The summed E-state index contributed by atoms with van der Waals surface area (Å²) in [6.07, 6.45) is 1.59. The maximum Gasteiger partial charge on any atom is 0.256 e. The van der Waals surface area contributed by atoms with E-state index >= 15 is 0 Å². The van der Waals surface area contributed by atoms with Crippen molar-refractivity contribution in [2.45, 2.75) is 77.8 Å². The Morgan fingerprint density at radius 1 is 1.09 bits per heavy atom. The van der Waals surface area contributed by atoms with E-state index in [0.29, 0.717) is 37.3 Å². The van der Waals surface area contributed by atoms with Gasteiger partial charge in [-0.05, 0) is 41.4 Å². The fraction of sp³-hybridized carbons (Fsp3) is 0.481. The van der Waals surface area contributed by atoms with E-state index in [0.717, 1.165) is 16.0 Å². The quantitative estimate of drug-likeness (QED) is 0.561. The third-order valence-corrected chi connectivity index (χ3v) is 8.05. The minimum Gasteiger partial charge on any atom is -0.322 e. The first-order valence-electron chi connectivity index (χ1n) is 12.0. The van der Waals surface area contributed by atoms with Crippen LogP contribution in [0.5, 0.6) is 0 Å². The number of Topliss-reactive ketones (excluding diaryl/α,β-unsaturated/α-hetero) is 1. The molecule has 34 heavy (non-hydrogen) atoms. The van der Waals surface area contributed by atoms with Crippen molar-refractivity contribution in [3.05, 3.63) is 56.8 Å². The third kappa shape index (κ3) is 4.71. The van der Waals surface area contributed by atoms with E-state index in [2.05, 4.69) is 57.3 Å². The summed E-state index contributed by atoms with van der Waals surface area (Å²) in [6.45, 7) is 8.84. The predicted molar refractivity (Wildman–Crippen MR) is 132 cm³/mol. The van der Waals surface area contributed by atoms with Gasteiger partial charge in [0.25, 0.3) is 5.91 Å². The number of carbonyl (C=O) groups is 4. The summed E-state index contributed by atoms with van der Waals surface area (Å²) in [7, 11) is 0. The standard InChI is InChI=1S/C27H32N2O4S/c1-15(2)17-5-7-18(8-6-17)25(16(3)4)22(30)10-11-23-19-13-29(27(33)20(19)14-34-23)21-9-12-24(31)28-26(21)32/h5-8,14-16,21,25H,9-13H2,1-4H3,(H,28,31,32). The van der Waals surface area contributed by atoms with Crippen LogP contribution in [0.1, 0.15) is 90.7 Å². The predicted octanol–water partition coefficient (Wildman–Crippen LogP) is 4.57. The monoisotopic (exact) mass is 480 g/mol. The number of hydrogen-bond donors (Lipinski definition) is 1. The first-order chi connectivity index (χ1) is 16.2. The van der Waals surface area contributed by atoms with Crippen molar-refractivity contribution < 1.29 is 19.2 Å². The number of rotatable bonds is 8. The van der Waals surface area contributed by atoms with Gasteiger partial charge >= 0.3 is 0 Å². The molecule has 0 spiro atoms. The summed E-state index contributed by atoms with van der Waals surface area (Å²) in [5.74, 6) is -0.167. The number of hydrogen-bond acceptors (Lipinski definition) is 5. The molecule has 0 saturated carbocycles. The van der Waals surface area contributed by atoms with Gasteiger partial charge in [0, 0.05) is 35.6 Å². The highest BCUT2D eigenvalue weighted by molar-refractivity contribution is 7.10. The molecule has 1 aromatic heterocycles. The first-order valence-corrected chi connectivity index (χ1v) is 12.9. The number of piperidine rings is 1. The van der Waals surface area contributed by atoms with Crippen molar-refractivity contribution in [1.82, 2.24) is 10.2 Å². The topological polar surface area (TPSA) is 83.6 Å². The van der Waals surface area contributed by atoms with Gasteiger partial charge in [0.1, 0.15) is 11.8 Å². The van der Waals surface area contributed by atoms with Crippen molar-refractivity contribution >= 4 is 34.8 Å². The largest absolute Gasteiger partial charge is 0.322 e. The molecule has 1 fully saturated rings. The van der Waals surface area contributed by atoms with Gasteiger partial charge in [0.2, 0.25) is 11.8 Å². The molecule has 2 aliphatic rings. The van der Waals surface area contributed by atoms with Crippen LogP contribution in [-0.2, 0) is 27.3 Å². The van der Waals surface area contributed by atoms with E-state index in [1.165, 1.54) is 16.9 Å². The highest BCUT2D eigenvalue weighted by atomic mass is 32.1.